The van der Waals surface area contributed by atoms with Crippen LogP contribution < -0.4 is 5.32 Å². The summed E-state index contributed by atoms with van der Waals surface area (Å²) in [5.41, 5.74) is 0.364. The molecule has 23 heavy (non-hydrogen) atoms. The van der Waals surface area contributed by atoms with E-state index >= 15 is 0 Å². The Labute approximate surface area is 136 Å². The molecule has 5 nitrogen and oxygen atoms in total. The van der Waals surface area contributed by atoms with Gasteiger partial charge in [-0.05, 0) is 31.4 Å². The van der Waals surface area contributed by atoms with Gasteiger partial charge in [-0.2, -0.15) is 0 Å². The molecule has 1 saturated carbocycles. The van der Waals surface area contributed by atoms with Gasteiger partial charge in [-0.25, -0.2) is 9.37 Å². The van der Waals surface area contributed by atoms with E-state index < -0.39 is 11.9 Å². The molecule has 0 bridgehead atoms. The van der Waals surface area contributed by atoms with E-state index in [9.17, 15) is 14.0 Å². The van der Waals surface area contributed by atoms with Gasteiger partial charge in [-0.15, -0.1) is 11.3 Å². The number of halogens is 1. The van der Waals surface area contributed by atoms with Crippen molar-refractivity contribution < 1.29 is 19.1 Å². The molecule has 1 aromatic heterocycles. The van der Waals surface area contributed by atoms with Gasteiger partial charge in [-0.1, -0.05) is 12.1 Å². The molecular weight excluding hydrogens is 319 g/mol. The number of thiazole rings is 1. The minimum absolute atomic E-state index is 0.136. The minimum atomic E-state index is -0.818. The highest BCUT2D eigenvalue weighted by molar-refractivity contribution is 7.16. The predicted molar refractivity (Wildman–Crippen MR) is 83.7 cm³/mol. The highest BCUT2D eigenvalue weighted by Gasteiger charge is 2.31. The van der Waals surface area contributed by atoms with E-state index in [0.29, 0.717) is 34.7 Å². The first-order valence-electron chi connectivity index (χ1n) is 7.29. The largest absolute Gasteiger partial charge is 0.481 e. The number of carbonyl (C=O) groups excluding carboxylic acids is 1. The van der Waals surface area contributed by atoms with Crippen molar-refractivity contribution in [2.75, 3.05) is 0 Å². The lowest BCUT2D eigenvalue weighted by Crippen LogP contribution is -2.32. The second-order valence-corrected chi connectivity index (χ2v) is 6.56. The van der Waals surface area contributed by atoms with E-state index in [2.05, 4.69) is 10.3 Å². The van der Waals surface area contributed by atoms with Crippen LogP contribution in [0.3, 0.4) is 0 Å². The zero-order valence-electron chi connectivity index (χ0n) is 12.2. The highest BCUT2D eigenvalue weighted by atomic mass is 32.1. The van der Waals surface area contributed by atoms with Crippen molar-refractivity contribution in [1.29, 1.82) is 0 Å². The number of aliphatic carboxylic acids is 1. The molecule has 0 unspecified atom stereocenters. The number of amides is 1. The summed E-state index contributed by atoms with van der Waals surface area (Å²) in [5.74, 6) is -1.88. The van der Waals surface area contributed by atoms with Crippen LogP contribution in [0.5, 0.6) is 0 Å². The number of carboxylic acid groups (broad SMARTS) is 1. The van der Waals surface area contributed by atoms with Crippen LogP contribution in [0.2, 0.25) is 0 Å². The van der Waals surface area contributed by atoms with Crippen molar-refractivity contribution in [3.8, 4) is 10.6 Å². The van der Waals surface area contributed by atoms with E-state index in [0.717, 1.165) is 11.3 Å². The van der Waals surface area contributed by atoms with Gasteiger partial charge in [0.25, 0.3) is 5.91 Å². The van der Waals surface area contributed by atoms with E-state index in [-0.39, 0.29) is 17.8 Å². The van der Waals surface area contributed by atoms with Crippen molar-refractivity contribution in [1.82, 2.24) is 10.3 Å². The maximum Gasteiger partial charge on any atom is 0.306 e. The smallest absolute Gasteiger partial charge is 0.306 e. The van der Waals surface area contributed by atoms with Crippen molar-refractivity contribution in [2.45, 2.75) is 25.3 Å². The van der Waals surface area contributed by atoms with Gasteiger partial charge in [0, 0.05) is 11.6 Å². The van der Waals surface area contributed by atoms with Gasteiger partial charge in [0.2, 0.25) is 0 Å². The summed E-state index contributed by atoms with van der Waals surface area (Å²) in [4.78, 5) is 27.7. The summed E-state index contributed by atoms with van der Waals surface area (Å²) < 4.78 is 13.7. The Morgan fingerprint density at radius 2 is 2.09 bits per heavy atom. The number of nitrogens with one attached hydrogen (secondary N) is 1. The van der Waals surface area contributed by atoms with E-state index in [1.165, 1.54) is 12.3 Å². The molecule has 1 amide bonds. The topological polar surface area (TPSA) is 79.3 Å². The summed E-state index contributed by atoms with van der Waals surface area (Å²) in [7, 11) is 0. The molecule has 1 aliphatic carbocycles. The Morgan fingerprint density at radius 1 is 1.30 bits per heavy atom. The third-order valence-corrected chi connectivity index (χ3v) is 4.98. The molecule has 1 aromatic carbocycles. The Morgan fingerprint density at radius 3 is 2.78 bits per heavy atom. The van der Waals surface area contributed by atoms with E-state index in [1.807, 2.05) is 0 Å². The first-order valence-corrected chi connectivity index (χ1v) is 8.10. The number of carboxylic acids is 1. The van der Waals surface area contributed by atoms with Gasteiger partial charge < -0.3 is 10.4 Å². The Balaban J connectivity index is 1.68. The number of carbonyl (C=O) groups is 2. The number of hydrogen-bond donors (Lipinski definition) is 2. The molecule has 1 heterocycles. The molecule has 1 fully saturated rings. The van der Waals surface area contributed by atoms with Gasteiger partial charge in [0.1, 0.15) is 15.7 Å². The fraction of sp³-hybridized carbons (Fsp3) is 0.312. The van der Waals surface area contributed by atoms with Crippen LogP contribution in [0.25, 0.3) is 10.6 Å². The molecule has 2 N–H and O–H groups in total. The first-order chi connectivity index (χ1) is 11.0. The van der Waals surface area contributed by atoms with Crippen LogP contribution in [0, 0.1) is 11.7 Å². The fourth-order valence-electron chi connectivity index (χ4n) is 2.73. The van der Waals surface area contributed by atoms with Crippen LogP contribution in [-0.4, -0.2) is 28.0 Å². The lowest BCUT2D eigenvalue weighted by atomic mass is 10.1. The van der Waals surface area contributed by atoms with Gasteiger partial charge in [0.05, 0.1) is 12.1 Å². The minimum Gasteiger partial charge on any atom is -0.481 e. The van der Waals surface area contributed by atoms with Crippen molar-refractivity contribution >= 4 is 23.2 Å². The number of rotatable bonds is 4. The molecule has 2 atom stereocenters. The summed E-state index contributed by atoms with van der Waals surface area (Å²) in [6.45, 7) is 0. The van der Waals surface area contributed by atoms with E-state index in [1.54, 1.807) is 18.2 Å². The molecule has 0 spiro atoms. The molecule has 2 aromatic rings. The zero-order chi connectivity index (χ0) is 16.4. The van der Waals surface area contributed by atoms with Crippen molar-refractivity contribution in [3.05, 3.63) is 41.2 Å². The molecule has 0 radical (unpaired) electrons. The summed E-state index contributed by atoms with van der Waals surface area (Å²) in [6.07, 6.45) is 3.09. The third-order valence-electron chi connectivity index (χ3n) is 3.95. The lowest BCUT2D eigenvalue weighted by molar-refractivity contribution is -0.141. The van der Waals surface area contributed by atoms with Crippen LogP contribution in [0.15, 0.2) is 30.5 Å². The SMILES string of the molecule is O=C(N[C@@H]1CC[C@H](C(=O)O)C1)c1cnc(-c2ccccc2F)s1. The van der Waals surface area contributed by atoms with Crippen LogP contribution in [-0.2, 0) is 4.79 Å². The second kappa shape index (κ2) is 6.45. The summed E-state index contributed by atoms with van der Waals surface area (Å²) >= 11 is 1.12. The molecule has 3 rings (SSSR count). The standard InChI is InChI=1S/C16H15FN2O3S/c17-12-4-2-1-3-11(12)15-18-8-13(23-15)14(20)19-10-6-5-9(7-10)16(21)22/h1-4,8-10H,5-7H2,(H,19,20)(H,21,22)/t9-,10+/m0/s1. The van der Waals surface area contributed by atoms with Crippen LogP contribution in [0.1, 0.15) is 28.9 Å². The quantitative estimate of drug-likeness (QED) is 0.901. The average Bonchev–Trinajstić information content (AvgIpc) is 3.16. The Bertz CT molecular complexity index is 746. The average molecular weight is 334 g/mol. The van der Waals surface area contributed by atoms with E-state index in [4.69, 9.17) is 5.11 Å². The Hall–Kier alpha value is -2.28. The molecular formula is C16H15FN2O3S. The summed E-state index contributed by atoms with van der Waals surface area (Å²) in [5, 5.41) is 12.3. The molecule has 120 valence electrons. The van der Waals surface area contributed by atoms with Crippen molar-refractivity contribution in [2.24, 2.45) is 5.92 Å². The zero-order valence-corrected chi connectivity index (χ0v) is 13.0. The number of nitrogens with zero attached hydrogens (tertiary/aromatic N) is 1. The van der Waals surface area contributed by atoms with Gasteiger partial charge in [-0.3, -0.25) is 9.59 Å². The van der Waals surface area contributed by atoms with Gasteiger partial charge in [0.15, 0.2) is 0 Å². The van der Waals surface area contributed by atoms with Gasteiger partial charge >= 0.3 is 5.97 Å². The maximum absolute atomic E-state index is 13.7. The van der Waals surface area contributed by atoms with Crippen LogP contribution >= 0.6 is 11.3 Å². The number of benzene rings is 1. The number of aromatic nitrogens is 1. The maximum atomic E-state index is 13.7. The highest BCUT2D eigenvalue weighted by Crippen LogP contribution is 2.29. The number of hydrogen-bond acceptors (Lipinski definition) is 4. The Kier molecular flexibility index (Phi) is 4.38. The first kappa shape index (κ1) is 15.6. The monoisotopic (exact) mass is 334 g/mol. The van der Waals surface area contributed by atoms with Crippen molar-refractivity contribution in [3.63, 3.8) is 0 Å². The molecule has 0 saturated heterocycles. The molecule has 0 aliphatic heterocycles. The molecule has 7 heteroatoms. The third kappa shape index (κ3) is 3.39. The predicted octanol–water partition coefficient (Wildman–Crippen LogP) is 2.93. The molecule has 1 aliphatic rings. The normalized spacial score (nSPS) is 20.4. The fourth-order valence-corrected chi connectivity index (χ4v) is 3.58. The summed E-state index contributed by atoms with van der Waals surface area (Å²) in [6, 6.07) is 6.14. The second-order valence-electron chi connectivity index (χ2n) is 5.53. The lowest BCUT2D eigenvalue weighted by Gasteiger charge is -2.10. The van der Waals surface area contributed by atoms with Crippen LogP contribution in [0.4, 0.5) is 4.39 Å².